The smallest absolute Gasteiger partial charge is 0.262 e. The van der Waals surface area contributed by atoms with E-state index in [9.17, 15) is 14.4 Å². The first kappa shape index (κ1) is 23.8. The Morgan fingerprint density at radius 3 is 2.41 bits per heavy atom. The minimum absolute atomic E-state index is 0.0582. The molecule has 1 atom stereocenters. The van der Waals surface area contributed by atoms with Crippen molar-refractivity contribution in [1.82, 2.24) is 14.8 Å². The summed E-state index contributed by atoms with van der Waals surface area (Å²) < 4.78 is 0. The van der Waals surface area contributed by atoms with Gasteiger partial charge in [-0.25, -0.2) is 0 Å². The fourth-order valence-corrected chi connectivity index (χ4v) is 6.65. The van der Waals surface area contributed by atoms with Gasteiger partial charge in [0.1, 0.15) is 0 Å². The van der Waals surface area contributed by atoms with Crippen LogP contribution in [0.25, 0.3) is 27.2 Å². The molecule has 39 heavy (non-hydrogen) atoms. The lowest BCUT2D eigenvalue weighted by Crippen LogP contribution is -2.42. The van der Waals surface area contributed by atoms with E-state index in [2.05, 4.69) is 72.5 Å². The van der Waals surface area contributed by atoms with Crippen LogP contribution < -0.4 is 5.43 Å². The number of nitrogens with one attached hydrogen (secondary N) is 1. The first-order chi connectivity index (χ1) is 18.9. The lowest BCUT2D eigenvalue weighted by molar-refractivity contribution is 0.0657. The molecule has 0 saturated carbocycles. The van der Waals surface area contributed by atoms with Crippen molar-refractivity contribution in [1.29, 1.82) is 0 Å². The van der Waals surface area contributed by atoms with E-state index in [1.807, 2.05) is 12.1 Å². The largest absolute Gasteiger partial charge is 0.355 e. The minimum Gasteiger partial charge on any atom is -0.355 e. The number of para-hydroxylation sites is 1. The van der Waals surface area contributed by atoms with Crippen molar-refractivity contribution in [3.63, 3.8) is 0 Å². The average Bonchev–Trinajstić information content (AvgIpc) is 3.36. The molecule has 4 aromatic carbocycles. The topological polar surface area (TPSA) is 73.5 Å². The molecular formula is C33H29N3O3. The van der Waals surface area contributed by atoms with Gasteiger partial charge in [-0.05, 0) is 74.7 Å². The Balaban J connectivity index is 1.21. The highest BCUT2D eigenvalue weighted by Crippen LogP contribution is 2.44. The molecule has 194 valence electrons. The number of aromatic amines is 1. The quantitative estimate of drug-likeness (QED) is 0.307. The van der Waals surface area contributed by atoms with Gasteiger partial charge in [-0.3, -0.25) is 24.2 Å². The van der Waals surface area contributed by atoms with Gasteiger partial charge in [-0.2, -0.15) is 0 Å². The number of hydrogen-bond acceptors (Lipinski definition) is 4. The second-order valence-corrected chi connectivity index (χ2v) is 11.0. The summed E-state index contributed by atoms with van der Waals surface area (Å²) >= 11 is 0. The third-order valence-electron chi connectivity index (χ3n) is 8.93. The lowest BCUT2D eigenvalue weighted by Gasteiger charge is -2.43. The van der Waals surface area contributed by atoms with E-state index in [0.29, 0.717) is 22.8 Å². The second kappa shape index (κ2) is 8.61. The van der Waals surface area contributed by atoms with E-state index in [0.717, 1.165) is 41.4 Å². The summed E-state index contributed by atoms with van der Waals surface area (Å²) in [6.45, 7) is 0.267. The summed E-state index contributed by atoms with van der Waals surface area (Å²) in [6, 6.07) is 22.2. The van der Waals surface area contributed by atoms with Crippen LogP contribution in [0.3, 0.4) is 0 Å². The van der Waals surface area contributed by atoms with E-state index < -0.39 is 0 Å². The van der Waals surface area contributed by atoms with Gasteiger partial charge in [0.05, 0.1) is 11.1 Å². The third-order valence-corrected chi connectivity index (χ3v) is 8.93. The van der Waals surface area contributed by atoms with Gasteiger partial charge in [0.25, 0.3) is 11.8 Å². The average molecular weight is 516 g/mol. The molecule has 0 fully saturated rings. The normalized spacial score (nSPS) is 19.6. The maximum absolute atomic E-state index is 13.2. The van der Waals surface area contributed by atoms with Gasteiger partial charge < -0.3 is 4.98 Å². The summed E-state index contributed by atoms with van der Waals surface area (Å²) in [6.07, 6.45) is 5.69. The molecule has 2 amide bonds. The summed E-state index contributed by atoms with van der Waals surface area (Å²) in [7, 11) is 4.31. The van der Waals surface area contributed by atoms with Crippen LogP contribution in [0.1, 0.15) is 56.8 Å². The van der Waals surface area contributed by atoms with Crippen molar-refractivity contribution >= 4 is 39.1 Å². The Bertz CT molecular complexity index is 1830. The Labute approximate surface area is 226 Å². The van der Waals surface area contributed by atoms with Crippen LogP contribution in [0, 0.1) is 0 Å². The number of allylic oxidation sites excluding steroid dienone is 1. The van der Waals surface area contributed by atoms with Gasteiger partial charge >= 0.3 is 0 Å². The standard InChI is InChI=1S/C33H29N3O3/c1-35(2)33(21-8-4-3-5-9-21)17-14-20(15-18-33)29-23(22-10-6-7-11-26(22)34-29)16-19-36-31(38)25-13-12-24-27(30(24)37)28(25)32(36)39/h3-14,34H,15-19H2,1-2H3. The molecule has 7 rings (SSSR count). The number of carbonyl (C=O) groups excluding carboxylic acids is 2. The van der Waals surface area contributed by atoms with Crippen LogP contribution in [0.5, 0.6) is 0 Å². The maximum Gasteiger partial charge on any atom is 0.262 e. The van der Waals surface area contributed by atoms with E-state index in [1.54, 1.807) is 12.1 Å². The second-order valence-electron chi connectivity index (χ2n) is 11.0. The molecule has 0 bridgehead atoms. The number of amides is 2. The number of imide groups is 1. The zero-order valence-electron chi connectivity index (χ0n) is 22.1. The van der Waals surface area contributed by atoms with Crippen LogP contribution >= 0.6 is 0 Å². The molecule has 0 saturated heterocycles. The molecule has 1 aromatic heterocycles. The summed E-state index contributed by atoms with van der Waals surface area (Å²) in [4.78, 5) is 45.7. The number of hydrogen-bond donors (Lipinski definition) is 1. The number of benzene rings is 3. The van der Waals surface area contributed by atoms with Crippen LogP contribution in [0.4, 0.5) is 0 Å². The Kier molecular flexibility index (Phi) is 5.26. The van der Waals surface area contributed by atoms with E-state index in [4.69, 9.17) is 0 Å². The fraction of sp³-hybridized carbons (Fsp3) is 0.242. The molecule has 0 radical (unpaired) electrons. The van der Waals surface area contributed by atoms with E-state index in [1.165, 1.54) is 16.0 Å². The number of rotatable bonds is 6. The van der Waals surface area contributed by atoms with Gasteiger partial charge in [0.2, 0.25) is 0 Å². The van der Waals surface area contributed by atoms with Gasteiger partial charge in [0.15, 0.2) is 5.43 Å². The first-order valence-corrected chi connectivity index (χ1v) is 13.5. The predicted molar refractivity (Wildman–Crippen MR) is 154 cm³/mol. The van der Waals surface area contributed by atoms with Crippen molar-refractivity contribution in [2.24, 2.45) is 0 Å². The van der Waals surface area contributed by atoms with Crippen LogP contribution in [0.15, 0.2) is 77.6 Å². The monoisotopic (exact) mass is 515 g/mol. The van der Waals surface area contributed by atoms with Crippen molar-refractivity contribution in [2.75, 3.05) is 20.6 Å². The molecule has 2 aliphatic rings. The van der Waals surface area contributed by atoms with Crippen molar-refractivity contribution < 1.29 is 9.59 Å². The molecule has 6 heteroatoms. The zero-order valence-corrected chi connectivity index (χ0v) is 22.1. The summed E-state index contributed by atoms with van der Waals surface area (Å²) in [5.74, 6) is -0.663. The van der Waals surface area contributed by atoms with Crippen molar-refractivity contribution in [3.05, 3.63) is 111 Å². The Morgan fingerprint density at radius 1 is 0.897 bits per heavy atom. The van der Waals surface area contributed by atoms with E-state index in [-0.39, 0.29) is 34.9 Å². The van der Waals surface area contributed by atoms with Gasteiger partial charge in [-0.15, -0.1) is 0 Å². The molecule has 1 aliphatic heterocycles. The number of H-pyrrole nitrogens is 1. The predicted octanol–water partition coefficient (Wildman–Crippen LogP) is 5.42. The third kappa shape index (κ3) is 3.48. The summed E-state index contributed by atoms with van der Waals surface area (Å²) in [5.41, 5.74) is 6.32. The van der Waals surface area contributed by atoms with Crippen LogP contribution in [-0.4, -0.2) is 47.2 Å². The highest BCUT2D eigenvalue weighted by molar-refractivity contribution is 6.29. The van der Waals surface area contributed by atoms with Gasteiger partial charge in [0, 0.05) is 39.5 Å². The maximum atomic E-state index is 13.2. The highest BCUT2D eigenvalue weighted by Gasteiger charge is 2.40. The van der Waals surface area contributed by atoms with Crippen LogP contribution in [-0.2, 0) is 12.0 Å². The van der Waals surface area contributed by atoms with Crippen LogP contribution in [0.2, 0.25) is 0 Å². The molecule has 2 heterocycles. The Morgan fingerprint density at radius 2 is 1.67 bits per heavy atom. The number of fused-ring (bicyclic) bond motifs is 4. The zero-order chi connectivity index (χ0) is 26.9. The molecule has 5 aromatic rings. The SMILES string of the molecule is CN(C)C1(c2ccccc2)CC=C(c2[nH]c3ccccc3c2CCN2C(=O)c3ccc4c(=O)c4c3C2=O)CC1. The molecule has 1 N–H and O–H groups in total. The van der Waals surface area contributed by atoms with Gasteiger partial charge in [-0.1, -0.05) is 54.6 Å². The fourth-order valence-electron chi connectivity index (χ4n) is 6.65. The number of nitrogens with zero attached hydrogens (tertiary/aromatic N) is 2. The Hall–Kier alpha value is -4.29. The van der Waals surface area contributed by atoms with Crippen molar-refractivity contribution in [2.45, 2.75) is 31.2 Å². The molecule has 1 aliphatic carbocycles. The lowest BCUT2D eigenvalue weighted by atomic mass is 9.75. The number of carbonyl (C=O) groups is 2. The molecule has 6 nitrogen and oxygen atoms in total. The number of aromatic nitrogens is 1. The highest BCUT2D eigenvalue weighted by atomic mass is 16.2. The first-order valence-electron chi connectivity index (χ1n) is 13.5. The molecule has 1 unspecified atom stereocenters. The van der Waals surface area contributed by atoms with Crippen molar-refractivity contribution in [3.8, 4) is 0 Å². The molecular weight excluding hydrogens is 486 g/mol. The summed E-state index contributed by atoms with van der Waals surface area (Å²) in [5, 5.41) is 2.10. The minimum atomic E-state index is -0.352. The molecule has 0 spiro atoms. The van der Waals surface area contributed by atoms with E-state index >= 15 is 0 Å².